The van der Waals surface area contributed by atoms with E-state index in [1.165, 1.54) is 25.7 Å². The molecule has 0 aromatic carbocycles. The molecule has 3 atom stereocenters. The van der Waals surface area contributed by atoms with Crippen LogP contribution in [0.15, 0.2) is 12.2 Å². The molecule has 6 heteroatoms. The summed E-state index contributed by atoms with van der Waals surface area (Å²) in [4.78, 5) is 24.2. The Morgan fingerprint density at radius 1 is 1.03 bits per heavy atom. The zero-order valence-corrected chi connectivity index (χ0v) is 23.4. The molecule has 0 aliphatic heterocycles. The minimum Gasteiger partial charge on any atom is -0.463 e. The predicted molar refractivity (Wildman–Crippen MR) is 143 cm³/mol. The Hall–Kier alpha value is -0.470. The van der Waals surface area contributed by atoms with Gasteiger partial charge in [0.25, 0.3) is 0 Å². The number of hydrogen-bond acceptors (Lipinski definition) is 5. The van der Waals surface area contributed by atoms with Gasteiger partial charge in [0.05, 0.1) is 19.3 Å². The van der Waals surface area contributed by atoms with Crippen LogP contribution in [0.4, 0.5) is 0 Å². The monoisotopic (exact) mass is 578 g/mol. The van der Waals surface area contributed by atoms with E-state index >= 15 is 0 Å². The summed E-state index contributed by atoms with van der Waals surface area (Å²) in [5, 5.41) is 0. The molecule has 0 spiro atoms. The lowest BCUT2D eigenvalue weighted by molar-refractivity contribution is -0.147. The average Bonchev–Trinajstić information content (AvgIpc) is 3.08. The Bertz CT molecular complexity index is 549. The molecule has 33 heavy (non-hydrogen) atoms. The van der Waals surface area contributed by atoms with Gasteiger partial charge in [-0.1, -0.05) is 67.3 Å². The van der Waals surface area contributed by atoms with Gasteiger partial charge in [-0.2, -0.15) is 0 Å². The first-order chi connectivity index (χ1) is 16.0. The first kappa shape index (κ1) is 30.6. The molecule has 0 amide bonds. The number of alkyl halides is 1. The number of ketones is 1. The van der Waals surface area contributed by atoms with Crippen molar-refractivity contribution < 1.29 is 23.8 Å². The Morgan fingerprint density at radius 3 is 2.45 bits per heavy atom. The van der Waals surface area contributed by atoms with E-state index in [2.05, 4.69) is 41.7 Å². The molecular weight excluding hydrogens is 531 g/mol. The summed E-state index contributed by atoms with van der Waals surface area (Å²) < 4.78 is 17.7. The molecule has 0 radical (unpaired) electrons. The van der Waals surface area contributed by atoms with Gasteiger partial charge in [0, 0.05) is 36.4 Å². The highest BCUT2D eigenvalue weighted by atomic mass is 127. The van der Waals surface area contributed by atoms with Crippen molar-refractivity contribution in [2.45, 2.75) is 97.5 Å². The standard InChI is InChI=1S/C27H47IO5/c1-4-5-6-9-12-16-31-18-19-32-17-15-24-23(21-28)20-26(29)25(24)13-10-7-8-11-14-27(30)33-22(2)3/h7,10,22-25H,4-6,8-9,11-21H2,1-3H3/b10-7-/t23-,24-,25+/m0/s1. The van der Waals surface area contributed by atoms with Gasteiger partial charge in [-0.05, 0) is 57.8 Å². The third-order valence-corrected chi connectivity index (χ3v) is 7.36. The summed E-state index contributed by atoms with van der Waals surface area (Å²) in [6.45, 7) is 8.78. The number of carbonyl (C=O) groups is 2. The molecule has 0 bridgehead atoms. The highest BCUT2D eigenvalue weighted by Crippen LogP contribution is 2.40. The molecular formula is C27H47IO5. The molecule has 0 aromatic heterocycles. The van der Waals surface area contributed by atoms with Gasteiger partial charge in [0.15, 0.2) is 0 Å². The van der Waals surface area contributed by atoms with Crippen molar-refractivity contribution in [3.63, 3.8) is 0 Å². The fourth-order valence-corrected chi connectivity index (χ4v) is 5.40. The smallest absolute Gasteiger partial charge is 0.306 e. The second kappa shape index (κ2) is 19.8. The van der Waals surface area contributed by atoms with E-state index in [4.69, 9.17) is 14.2 Å². The number of Topliss-reactive ketones (excluding diaryl/α,β-unsaturated/α-hetero) is 1. The highest BCUT2D eigenvalue weighted by Gasteiger charge is 2.40. The number of carbonyl (C=O) groups excluding carboxylic acids is 2. The van der Waals surface area contributed by atoms with E-state index in [1.54, 1.807) is 0 Å². The lowest BCUT2D eigenvalue weighted by atomic mass is 9.85. The molecule has 0 heterocycles. The van der Waals surface area contributed by atoms with E-state index in [0.717, 1.165) is 43.1 Å². The van der Waals surface area contributed by atoms with Crippen molar-refractivity contribution in [1.82, 2.24) is 0 Å². The average molecular weight is 579 g/mol. The van der Waals surface area contributed by atoms with Crippen molar-refractivity contribution in [1.29, 1.82) is 0 Å². The maximum absolute atomic E-state index is 12.6. The first-order valence-corrected chi connectivity index (χ1v) is 14.6. The summed E-state index contributed by atoms with van der Waals surface area (Å²) in [5.41, 5.74) is 0. The van der Waals surface area contributed by atoms with E-state index in [0.29, 0.717) is 50.3 Å². The van der Waals surface area contributed by atoms with Gasteiger partial charge in [-0.25, -0.2) is 0 Å². The summed E-state index contributed by atoms with van der Waals surface area (Å²) in [6, 6.07) is 0. The predicted octanol–water partition coefficient (Wildman–Crippen LogP) is 6.70. The second-order valence-electron chi connectivity index (χ2n) is 9.42. The topological polar surface area (TPSA) is 61.8 Å². The van der Waals surface area contributed by atoms with Gasteiger partial charge in [-0.15, -0.1) is 0 Å². The van der Waals surface area contributed by atoms with Crippen LogP contribution in [0, 0.1) is 17.8 Å². The second-order valence-corrected chi connectivity index (χ2v) is 10.3. The van der Waals surface area contributed by atoms with Gasteiger partial charge in [0.2, 0.25) is 0 Å². The number of allylic oxidation sites excluding steroid dienone is 2. The summed E-state index contributed by atoms with van der Waals surface area (Å²) in [7, 11) is 0. The third-order valence-electron chi connectivity index (χ3n) is 6.23. The van der Waals surface area contributed by atoms with Crippen LogP contribution < -0.4 is 0 Å². The normalized spacial score (nSPS) is 20.9. The Morgan fingerprint density at radius 2 is 1.76 bits per heavy atom. The van der Waals surface area contributed by atoms with E-state index in [-0.39, 0.29) is 18.0 Å². The molecule has 0 N–H and O–H groups in total. The van der Waals surface area contributed by atoms with Gasteiger partial charge in [-0.3, -0.25) is 9.59 Å². The molecule has 0 aromatic rings. The fourth-order valence-electron chi connectivity index (χ4n) is 4.44. The van der Waals surface area contributed by atoms with Crippen LogP contribution >= 0.6 is 22.6 Å². The van der Waals surface area contributed by atoms with Crippen molar-refractivity contribution in [2.24, 2.45) is 17.8 Å². The van der Waals surface area contributed by atoms with Crippen LogP contribution in [0.3, 0.4) is 0 Å². The highest BCUT2D eigenvalue weighted by molar-refractivity contribution is 14.1. The van der Waals surface area contributed by atoms with E-state index in [9.17, 15) is 9.59 Å². The number of halogens is 1. The van der Waals surface area contributed by atoms with Crippen molar-refractivity contribution in [2.75, 3.05) is 30.9 Å². The number of hydrogen-bond donors (Lipinski definition) is 0. The molecule has 192 valence electrons. The van der Waals surface area contributed by atoms with Crippen LogP contribution in [-0.2, 0) is 23.8 Å². The van der Waals surface area contributed by atoms with Gasteiger partial charge >= 0.3 is 5.97 Å². The quantitative estimate of drug-likeness (QED) is 0.0529. The van der Waals surface area contributed by atoms with Crippen molar-refractivity contribution in [3.05, 3.63) is 12.2 Å². The Balaban J connectivity index is 2.22. The van der Waals surface area contributed by atoms with Crippen LogP contribution in [0.25, 0.3) is 0 Å². The van der Waals surface area contributed by atoms with E-state index in [1.807, 2.05) is 13.8 Å². The molecule has 1 aliphatic rings. The zero-order valence-electron chi connectivity index (χ0n) is 21.2. The Kier molecular flexibility index (Phi) is 18.3. The minimum absolute atomic E-state index is 0.0546. The number of esters is 1. The maximum Gasteiger partial charge on any atom is 0.306 e. The molecule has 0 unspecified atom stereocenters. The number of rotatable bonds is 20. The van der Waals surface area contributed by atoms with Gasteiger partial charge in [0.1, 0.15) is 5.78 Å². The minimum atomic E-state index is -0.133. The van der Waals surface area contributed by atoms with Crippen molar-refractivity contribution in [3.8, 4) is 0 Å². The van der Waals surface area contributed by atoms with Crippen LogP contribution in [0.1, 0.15) is 91.4 Å². The van der Waals surface area contributed by atoms with Gasteiger partial charge < -0.3 is 14.2 Å². The SMILES string of the molecule is CCCCCCCOCCOCC[C@H]1[C@H](CI)CC(=O)[C@@H]1C/C=C\CCCC(=O)OC(C)C. The third kappa shape index (κ3) is 14.5. The molecule has 0 saturated heterocycles. The van der Waals surface area contributed by atoms with Crippen LogP contribution in [0.2, 0.25) is 0 Å². The summed E-state index contributed by atoms with van der Waals surface area (Å²) in [5.74, 6) is 1.24. The summed E-state index contributed by atoms with van der Waals surface area (Å²) in [6.07, 6.45) is 15.0. The van der Waals surface area contributed by atoms with Crippen LogP contribution in [-0.4, -0.2) is 48.7 Å². The molecule has 1 rings (SSSR count). The fraction of sp³-hybridized carbons (Fsp3) is 0.852. The maximum atomic E-state index is 12.6. The molecule has 1 saturated carbocycles. The number of unbranched alkanes of at least 4 members (excludes halogenated alkanes) is 5. The zero-order chi connectivity index (χ0) is 24.3. The lowest BCUT2D eigenvalue weighted by Crippen LogP contribution is -2.20. The molecule has 1 aliphatic carbocycles. The lowest BCUT2D eigenvalue weighted by Gasteiger charge is -2.22. The summed E-state index contributed by atoms with van der Waals surface area (Å²) >= 11 is 2.42. The molecule has 1 fully saturated rings. The van der Waals surface area contributed by atoms with Crippen LogP contribution in [0.5, 0.6) is 0 Å². The van der Waals surface area contributed by atoms with Crippen molar-refractivity contribution >= 4 is 34.3 Å². The largest absolute Gasteiger partial charge is 0.463 e. The first-order valence-electron chi connectivity index (χ1n) is 13.1. The Labute approximate surface area is 215 Å². The number of ether oxygens (including phenoxy) is 3. The van der Waals surface area contributed by atoms with E-state index < -0.39 is 0 Å². The molecule has 5 nitrogen and oxygen atoms in total.